The fourth-order valence-corrected chi connectivity index (χ4v) is 1.25. The van der Waals surface area contributed by atoms with Crippen molar-refractivity contribution in [2.24, 2.45) is 7.05 Å². The minimum Gasteiger partial charge on any atom is -0.351 e. The number of aromatic nitrogens is 2. The van der Waals surface area contributed by atoms with E-state index in [9.17, 15) is 10.1 Å². The molecule has 15 heavy (non-hydrogen) atoms. The maximum absolute atomic E-state index is 10.7. The number of likely N-dealkylation sites (N-methyl/N-ethyl adjacent to an activating group) is 2. The highest BCUT2D eigenvalue weighted by Crippen LogP contribution is 2.24. The molecule has 1 aromatic heterocycles. The smallest absolute Gasteiger partial charge is 0.330 e. The SMILES string of the molecule is CNCCN(C)c1nn(C)cc1[N+](=O)[O-]. The van der Waals surface area contributed by atoms with E-state index in [2.05, 4.69) is 10.4 Å². The molecule has 0 amide bonds. The summed E-state index contributed by atoms with van der Waals surface area (Å²) in [5, 5.41) is 17.8. The highest BCUT2D eigenvalue weighted by molar-refractivity contribution is 5.56. The van der Waals surface area contributed by atoms with Gasteiger partial charge in [-0.15, -0.1) is 5.10 Å². The molecule has 1 rings (SSSR count). The second-order valence-corrected chi connectivity index (χ2v) is 3.29. The van der Waals surface area contributed by atoms with E-state index in [1.807, 2.05) is 7.05 Å². The zero-order valence-corrected chi connectivity index (χ0v) is 9.10. The molecule has 0 atom stereocenters. The zero-order chi connectivity index (χ0) is 11.4. The van der Waals surface area contributed by atoms with Crippen LogP contribution in [-0.4, -0.2) is 41.9 Å². The molecule has 0 aromatic carbocycles. The number of nitro groups is 1. The Morgan fingerprint density at radius 3 is 2.93 bits per heavy atom. The number of nitrogens with one attached hydrogen (secondary N) is 1. The first-order valence-electron chi connectivity index (χ1n) is 4.60. The van der Waals surface area contributed by atoms with Crippen LogP contribution in [0.3, 0.4) is 0 Å². The normalized spacial score (nSPS) is 10.3. The van der Waals surface area contributed by atoms with Gasteiger partial charge < -0.3 is 10.2 Å². The Balaban J connectivity index is 2.86. The first-order valence-corrected chi connectivity index (χ1v) is 4.60. The third-order valence-corrected chi connectivity index (χ3v) is 2.05. The summed E-state index contributed by atoms with van der Waals surface area (Å²) < 4.78 is 1.45. The topological polar surface area (TPSA) is 76.2 Å². The molecule has 0 unspecified atom stereocenters. The van der Waals surface area contributed by atoms with Crippen LogP contribution in [0.2, 0.25) is 0 Å². The van der Waals surface area contributed by atoms with Crippen molar-refractivity contribution in [3.8, 4) is 0 Å². The largest absolute Gasteiger partial charge is 0.351 e. The van der Waals surface area contributed by atoms with Gasteiger partial charge in [0.25, 0.3) is 0 Å². The summed E-state index contributed by atoms with van der Waals surface area (Å²) in [5.41, 5.74) is 0.0381. The highest BCUT2D eigenvalue weighted by Gasteiger charge is 2.21. The van der Waals surface area contributed by atoms with Crippen LogP contribution in [0.25, 0.3) is 0 Å². The van der Waals surface area contributed by atoms with Crippen molar-refractivity contribution < 1.29 is 4.92 Å². The van der Waals surface area contributed by atoms with Crippen molar-refractivity contribution in [2.75, 3.05) is 32.1 Å². The molecule has 0 bridgehead atoms. The number of anilines is 1. The molecule has 0 aliphatic rings. The van der Waals surface area contributed by atoms with Crippen LogP contribution in [0.15, 0.2) is 6.20 Å². The van der Waals surface area contributed by atoms with Crippen LogP contribution < -0.4 is 10.2 Å². The van der Waals surface area contributed by atoms with Crippen molar-refractivity contribution >= 4 is 11.5 Å². The molecule has 7 heteroatoms. The quantitative estimate of drug-likeness (QED) is 0.549. The van der Waals surface area contributed by atoms with E-state index in [-0.39, 0.29) is 5.69 Å². The zero-order valence-electron chi connectivity index (χ0n) is 9.10. The van der Waals surface area contributed by atoms with Crippen molar-refractivity contribution in [2.45, 2.75) is 0 Å². The minimum absolute atomic E-state index is 0.0381. The number of hydrogen-bond donors (Lipinski definition) is 1. The van der Waals surface area contributed by atoms with Crippen molar-refractivity contribution in [1.82, 2.24) is 15.1 Å². The van der Waals surface area contributed by atoms with E-state index >= 15 is 0 Å². The molecule has 7 nitrogen and oxygen atoms in total. The first kappa shape index (κ1) is 11.4. The van der Waals surface area contributed by atoms with Crippen LogP contribution >= 0.6 is 0 Å². The van der Waals surface area contributed by atoms with Crippen LogP contribution in [0.4, 0.5) is 11.5 Å². The van der Waals surface area contributed by atoms with Crippen LogP contribution in [0.1, 0.15) is 0 Å². The molecule has 0 spiro atoms. The predicted molar refractivity (Wildman–Crippen MR) is 57.1 cm³/mol. The lowest BCUT2D eigenvalue weighted by Gasteiger charge is -2.14. The van der Waals surface area contributed by atoms with Gasteiger partial charge in [-0.1, -0.05) is 0 Å². The monoisotopic (exact) mass is 213 g/mol. The molecule has 1 aromatic rings. The predicted octanol–water partition coefficient (Wildman–Crippen LogP) is -0.0161. The van der Waals surface area contributed by atoms with Gasteiger partial charge in [0.1, 0.15) is 6.20 Å². The number of aryl methyl sites for hydroxylation is 1. The average Bonchev–Trinajstić information content (AvgIpc) is 2.57. The van der Waals surface area contributed by atoms with E-state index in [1.54, 1.807) is 19.0 Å². The highest BCUT2D eigenvalue weighted by atomic mass is 16.6. The number of hydrogen-bond acceptors (Lipinski definition) is 5. The maximum Gasteiger partial charge on any atom is 0.330 e. The Labute approximate surface area is 87.8 Å². The lowest BCUT2D eigenvalue weighted by molar-refractivity contribution is -0.384. The van der Waals surface area contributed by atoms with E-state index in [0.717, 1.165) is 6.54 Å². The van der Waals surface area contributed by atoms with Crippen molar-refractivity contribution in [3.63, 3.8) is 0 Å². The lowest BCUT2D eigenvalue weighted by atomic mass is 10.4. The van der Waals surface area contributed by atoms with Gasteiger partial charge in [0.15, 0.2) is 0 Å². The van der Waals surface area contributed by atoms with Gasteiger partial charge in [-0.3, -0.25) is 14.8 Å². The average molecular weight is 213 g/mol. The fraction of sp³-hybridized carbons (Fsp3) is 0.625. The minimum atomic E-state index is -0.418. The number of rotatable bonds is 5. The molecule has 0 fully saturated rings. The summed E-state index contributed by atoms with van der Waals surface area (Å²) in [5.74, 6) is 0.401. The Hall–Kier alpha value is -1.63. The van der Waals surface area contributed by atoms with Gasteiger partial charge >= 0.3 is 5.69 Å². The molecule has 0 saturated heterocycles. The molecular weight excluding hydrogens is 198 g/mol. The van der Waals surface area contributed by atoms with Crippen LogP contribution in [0, 0.1) is 10.1 Å². The van der Waals surface area contributed by atoms with Crippen molar-refractivity contribution in [3.05, 3.63) is 16.3 Å². The van der Waals surface area contributed by atoms with E-state index < -0.39 is 4.92 Å². The first-order chi connectivity index (χ1) is 7.06. The third kappa shape index (κ3) is 2.66. The Morgan fingerprint density at radius 2 is 2.40 bits per heavy atom. The summed E-state index contributed by atoms with van der Waals surface area (Å²) in [6, 6.07) is 0. The molecule has 1 heterocycles. The lowest BCUT2D eigenvalue weighted by Crippen LogP contribution is -2.27. The Kier molecular flexibility index (Phi) is 3.62. The van der Waals surface area contributed by atoms with Gasteiger partial charge in [-0.2, -0.15) is 0 Å². The standard InChI is InChI=1S/C8H15N5O2/c1-9-4-5-11(2)8-7(13(14)15)6-12(3)10-8/h6,9H,4-5H2,1-3H3. The molecular formula is C8H15N5O2. The molecule has 1 N–H and O–H groups in total. The van der Waals surface area contributed by atoms with Gasteiger partial charge in [0.2, 0.25) is 5.82 Å². The van der Waals surface area contributed by atoms with Gasteiger partial charge in [0, 0.05) is 27.2 Å². The second kappa shape index (κ2) is 4.74. The van der Waals surface area contributed by atoms with E-state index in [0.29, 0.717) is 12.4 Å². The Morgan fingerprint density at radius 1 is 1.73 bits per heavy atom. The van der Waals surface area contributed by atoms with E-state index in [1.165, 1.54) is 10.9 Å². The van der Waals surface area contributed by atoms with E-state index in [4.69, 9.17) is 0 Å². The molecule has 0 aliphatic carbocycles. The molecule has 0 radical (unpaired) electrons. The summed E-state index contributed by atoms with van der Waals surface area (Å²) in [7, 11) is 5.29. The summed E-state index contributed by atoms with van der Waals surface area (Å²) in [4.78, 5) is 12.1. The van der Waals surface area contributed by atoms with Crippen LogP contribution in [0.5, 0.6) is 0 Å². The van der Waals surface area contributed by atoms with Crippen molar-refractivity contribution in [1.29, 1.82) is 0 Å². The maximum atomic E-state index is 10.7. The Bertz CT molecular complexity index is 349. The molecule has 0 aliphatic heterocycles. The summed E-state index contributed by atoms with van der Waals surface area (Å²) >= 11 is 0. The molecule has 84 valence electrons. The number of nitrogens with zero attached hydrogens (tertiary/aromatic N) is 4. The second-order valence-electron chi connectivity index (χ2n) is 3.29. The summed E-state index contributed by atoms with van der Waals surface area (Å²) in [6.07, 6.45) is 1.41. The van der Waals surface area contributed by atoms with Gasteiger partial charge in [-0.05, 0) is 7.05 Å². The van der Waals surface area contributed by atoms with Gasteiger partial charge in [0.05, 0.1) is 4.92 Å². The van der Waals surface area contributed by atoms with Crippen LogP contribution in [-0.2, 0) is 7.05 Å². The third-order valence-electron chi connectivity index (χ3n) is 2.05. The molecule has 0 saturated carbocycles. The van der Waals surface area contributed by atoms with Gasteiger partial charge in [-0.25, -0.2) is 0 Å². The summed E-state index contributed by atoms with van der Waals surface area (Å²) in [6.45, 7) is 1.43. The fourth-order valence-electron chi connectivity index (χ4n) is 1.25.